The maximum atomic E-state index is 12.0. The molecule has 0 saturated carbocycles. The van der Waals surface area contributed by atoms with E-state index in [1.165, 1.54) is 6.92 Å². The minimum atomic E-state index is -0.337. The molecule has 5 rings (SSSR count). The summed E-state index contributed by atoms with van der Waals surface area (Å²) in [6, 6.07) is 24.3. The zero-order valence-electron chi connectivity index (χ0n) is 17.3. The number of hydrogen-bond acceptors (Lipinski definition) is 5. The topological polar surface area (TPSA) is 47.9 Å². The van der Waals surface area contributed by atoms with Gasteiger partial charge in [-0.15, -0.1) is 11.8 Å². The van der Waals surface area contributed by atoms with Gasteiger partial charge in [0.2, 0.25) is 0 Å². The second-order valence-corrected chi connectivity index (χ2v) is 8.46. The molecular weight excluding hydrogens is 406 g/mol. The van der Waals surface area contributed by atoms with Crippen molar-refractivity contribution in [2.24, 2.45) is 4.99 Å². The highest BCUT2D eigenvalue weighted by Crippen LogP contribution is 2.53. The van der Waals surface area contributed by atoms with Crippen molar-refractivity contribution in [2.45, 2.75) is 24.0 Å². The average Bonchev–Trinajstić information content (AvgIpc) is 2.96. The number of hydrogen-bond donors (Lipinski definition) is 0. The third kappa shape index (κ3) is 3.55. The number of para-hydroxylation sites is 1. The summed E-state index contributed by atoms with van der Waals surface area (Å²) in [5.41, 5.74) is 5.71. The molecule has 4 nitrogen and oxygen atoms in total. The smallest absolute Gasteiger partial charge is 0.308 e. The zero-order valence-corrected chi connectivity index (χ0v) is 18.1. The maximum absolute atomic E-state index is 12.0. The zero-order chi connectivity index (χ0) is 21.4. The molecule has 3 aromatic rings. The van der Waals surface area contributed by atoms with E-state index in [0.717, 1.165) is 44.3 Å². The monoisotopic (exact) mass is 427 g/mol. The molecule has 0 N–H and O–H groups in total. The number of nitrogens with zero attached hydrogens (tertiary/aromatic N) is 1. The third-order valence-electron chi connectivity index (χ3n) is 5.27. The van der Waals surface area contributed by atoms with E-state index in [4.69, 9.17) is 14.5 Å². The number of carbonyl (C=O) groups excluding carboxylic acids is 1. The fourth-order valence-electron chi connectivity index (χ4n) is 4.00. The van der Waals surface area contributed by atoms with Gasteiger partial charge in [-0.25, -0.2) is 4.99 Å². The summed E-state index contributed by atoms with van der Waals surface area (Å²) in [6.45, 7) is 4.04. The van der Waals surface area contributed by atoms with Crippen LogP contribution in [0.3, 0.4) is 0 Å². The number of carbonyl (C=O) groups is 1. The molecule has 5 heteroatoms. The van der Waals surface area contributed by atoms with E-state index in [1.54, 1.807) is 11.8 Å². The molecule has 0 aromatic heterocycles. The molecule has 0 amide bonds. The van der Waals surface area contributed by atoms with Gasteiger partial charge in [0.1, 0.15) is 11.5 Å². The largest absolute Gasteiger partial charge is 0.494 e. The summed E-state index contributed by atoms with van der Waals surface area (Å²) in [7, 11) is 0. The predicted octanol–water partition coefficient (Wildman–Crippen LogP) is 6.34. The minimum Gasteiger partial charge on any atom is -0.494 e. The van der Waals surface area contributed by atoms with E-state index in [0.29, 0.717) is 12.4 Å². The Labute approximate surface area is 185 Å². The van der Waals surface area contributed by atoms with E-state index in [-0.39, 0.29) is 11.2 Å². The normalized spacial score (nSPS) is 16.6. The Bertz CT molecular complexity index is 1230. The van der Waals surface area contributed by atoms with Crippen LogP contribution in [0, 0.1) is 0 Å². The van der Waals surface area contributed by atoms with Crippen LogP contribution in [0.1, 0.15) is 35.8 Å². The van der Waals surface area contributed by atoms with Crippen LogP contribution in [0.2, 0.25) is 0 Å². The Morgan fingerprint density at radius 1 is 0.968 bits per heavy atom. The number of benzene rings is 3. The van der Waals surface area contributed by atoms with Crippen LogP contribution in [0.4, 0.5) is 5.69 Å². The maximum Gasteiger partial charge on any atom is 0.308 e. The van der Waals surface area contributed by atoms with E-state index in [2.05, 4.69) is 18.2 Å². The van der Waals surface area contributed by atoms with Crippen LogP contribution in [0.5, 0.6) is 5.75 Å². The van der Waals surface area contributed by atoms with Gasteiger partial charge in [0.15, 0.2) is 0 Å². The molecule has 0 saturated heterocycles. The van der Waals surface area contributed by atoms with Crippen LogP contribution in [0.25, 0.3) is 5.76 Å². The fourth-order valence-corrected chi connectivity index (χ4v) is 5.27. The van der Waals surface area contributed by atoms with E-state index in [9.17, 15) is 4.79 Å². The standard InChI is InChI=1S/C26H21NO3S/c1-3-29-18-14-12-17(13-15-18)26-23-24(27-21-10-6-7-11-22(21)31-26)19-8-4-5-9-20(19)25(23)30-16(2)28/h4-15,26H,3H2,1-2H3. The Hall–Kier alpha value is -3.31. The highest BCUT2D eigenvalue weighted by Gasteiger charge is 2.38. The molecule has 1 unspecified atom stereocenters. The lowest BCUT2D eigenvalue weighted by Gasteiger charge is -2.19. The van der Waals surface area contributed by atoms with Crippen molar-refractivity contribution in [1.82, 2.24) is 0 Å². The summed E-state index contributed by atoms with van der Waals surface area (Å²) >= 11 is 1.72. The van der Waals surface area contributed by atoms with Crippen LogP contribution < -0.4 is 4.74 Å². The lowest BCUT2D eigenvalue weighted by molar-refractivity contribution is -0.134. The molecule has 3 aromatic carbocycles. The summed E-state index contributed by atoms with van der Waals surface area (Å²) in [4.78, 5) is 18.2. The van der Waals surface area contributed by atoms with Crippen LogP contribution in [-0.2, 0) is 9.53 Å². The quantitative estimate of drug-likeness (QED) is 0.456. The number of aliphatic imine (C=N–C) groups is 1. The molecule has 1 heterocycles. The van der Waals surface area contributed by atoms with Crippen LogP contribution >= 0.6 is 11.8 Å². The average molecular weight is 428 g/mol. The Kier molecular flexibility index (Phi) is 5.12. The van der Waals surface area contributed by atoms with Gasteiger partial charge in [0.05, 0.1) is 23.3 Å². The first-order valence-electron chi connectivity index (χ1n) is 10.3. The minimum absolute atomic E-state index is 0.0835. The number of fused-ring (bicyclic) bond motifs is 4. The van der Waals surface area contributed by atoms with Gasteiger partial charge < -0.3 is 9.47 Å². The first-order valence-corrected chi connectivity index (χ1v) is 11.1. The molecule has 1 aliphatic heterocycles. The van der Waals surface area contributed by atoms with Crippen molar-refractivity contribution in [1.29, 1.82) is 0 Å². The van der Waals surface area contributed by atoms with Gasteiger partial charge in [-0.2, -0.15) is 0 Å². The molecule has 0 bridgehead atoms. The van der Waals surface area contributed by atoms with E-state index < -0.39 is 0 Å². The van der Waals surface area contributed by atoms with Gasteiger partial charge in [-0.05, 0) is 36.8 Å². The molecule has 1 aliphatic carbocycles. The summed E-state index contributed by atoms with van der Waals surface area (Å²) in [5, 5.41) is -0.0835. The lowest BCUT2D eigenvalue weighted by Crippen LogP contribution is -2.08. The van der Waals surface area contributed by atoms with E-state index in [1.807, 2.05) is 61.5 Å². The van der Waals surface area contributed by atoms with Crippen molar-refractivity contribution in [3.8, 4) is 5.75 Å². The van der Waals surface area contributed by atoms with E-state index >= 15 is 0 Å². The summed E-state index contributed by atoms with van der Waals surface area (Å²) in [5.74, 6) is 1.10. The molecule has 2 aliphatic rings. The SMILES string of the molecule is CCOc1ccc(C2Sc3ccccc3N=C3C2=C(OC(C)=O)c2ccccc23)cc1. The van der Waals surface area contributed by atoms with Crippen molar-refractivity contribution in [3.63, 3.8) is 0 Å². The Balaban J connectivity index is 1.74. The predicted molar refractivity (Wildman–Crippen MR) is 124 cm³/mol. The first kappa shape index (κ1) is 19.6. The molecule has 0 spiro atoms. The van der Waals surface area contributed by atoms with Gasteiger partial charge in [-0.3, -0.25) is 4.79 Å². The molecule has 154 valence electrons. The van der Waals surface area contributed by atoms with Crippen LogP contribution in [-0.4, -0.2) is 18.3 Å². The number of esters is 1. The molecule has 1 atom stereocenters. The third-order valence-corrected chi connectivity index (χ3v) is 6.61. The molecule has 0 radical (unpaired) electrons. The molecule has 31 heavy (non-hydrogen) atoms. The van der Waals surface area contributed by atoms with Gasteiger partial charge in [0.25, 0.3) is 0 Å². The number of rotatable bonds is 4. The molecular formula is C26H21NO3S. The van der Waals surface area contributed by atoms with Gasteiger partial charge >= 0.3 is 5.97 Å². The lowest BCUT2D eigenvalue weighted by atomic mass is 10.00. The molecule has 0 fully saturated rings. The Morgan fingerprint density at radius 3 is 2.42 bits per heavy atom. The van der Waals surface area contributed by atoms with Gasteiger partial charge in [0, 0.05) is 28.5 Å². The number of thioether (sulfide) groups is 1. The van der Waals surface area contributed by atoms with Crippen molar-refractivity contribution >= 4 is 34.9 Å². The second-order valence-electron chi connectivity index (χ2n) is 7.31. The highest BCUT2D eigenvalue weighted by atomic mass is 32.2. The number of ether oxygens (including phenoxy) is 2. The summed E-state index contributed by atoms with van der Waals surface area (Å²) in [6.07, 6.45) is 0. The first-order chi connectivity index (χ1) is 15.2. The van der Waals surface area contributed by atoms with Crippen LogP contribution in [0.15, 0.2) is 88.3 Å². The fraction of sp³-hybridized carbons (Fsp3) is 0.154. The van der Waals surface area contributed by atoms with Crippen molar-refractivity contribution < 1.29 is 14.3 Å². The van der Waals surface area contributed by atoms with Crippen molar-refractivity contribution in [3.05, 3.63) is 95.1 Å². The Morgan fingerprint density at radius 2 is 1.68 bits per heavy atom. The highest BCUT2D eigenvalue weighted by molar-refractivity contribution is 8.00. The summed E-state index contributed by atoms with van der Waals surface area (Å²) < 4.78 is 11.4. The second kappa shape index (κ2) is 8.08. The van der Waals surface area contributed by atoms with Crippen molar-refractivity contribution in [2.75, 3.05) is 6.61 Å². The van der Waals surface area contributed by atoms with Gasteiger partial charge in [-0.1, -0.05) is 48.5 Å².